The van der Waals surface area contributed by atoms with Gasteiger partial charge in [-0.1, -0.05) is 36.4 Å². The molecule has 0 fully saturated rings. The third kappa shape index (κ3) is 5.28. The first-order valence-electron chi connectivity index (χ1n) is 7.51. The third-order valence-electron chi connectivity index (χ3n) is 3.49. The number of benzene rings is 2. The van der Waals surface area contributed by atoms with Crippen LogP contribution in [0.3, 0.4) is 0 Å². The van der Waals surface area contributed by atoms with E-state index in [4.69, 9.17) is 10.00 Å². The maximum Gasteiger partial charge on any atom is 0.407 e. The highest BCUT2D eigenvalue weighted by Gasteiger charge is 2.20. The van der Waals surface area contributed by atoms with Gasteiger partial charge in [0.1, 0.15) is 30.7 Å². The molecule has 0 aliphatic heterocycles. The van der Waals surface area contributed by atoms with Crippen molar-refractivity contribution in [3.63, 3.8) is 0 Å². The lowest BCUT2D eigenvalue weighted by atomic mass is 10.0. The van der Waals surface area contributed by atoms with Gasteiger partial charge in [-0.15, -0.1) is 0 Å². The molecule has 0 radical (unpaired) electrons. The standard InChI is InChI=1S/C18H17FN2O4/c19-15-7-6-13(8-14(15)9-20)17(23)16(22)10-21-18(24)25-11-12-4-2-1-3-5-12/h1-8,16-17,22-23H,10-11H2,(H,21,24). The molecule has 7 heteroatoms. The predicted octanol–water partition coefficient (Wildman–Crippen LogP) is 2.02. The molecule has 3 N–H and O–H groups in total. The number of hydrogen-bond donors (Lipinski definition) is 3. The summed E-state index contributed by atoms with van der Waals surface area (Å²) in [7, 11) is 0. The fraction of sp³-hybridized carbons (Fsp3) is 0.222. The molecule has 25 heavy (non-hydrogen) atoms. The molecule has 2 aromatic carbocycles. The first-order chi connectivity index (χ1) is 12.0. The van der Waals surface area contributed by atoms with Crippen molar-refractivity contribution in [1.29, 1.82) is 5.26 Å². The zero-order valence-corrected chi connectivity index (χ0v) is 13.2. The fourth-order valence-corrected chi connectivity index (χ4v) is 2.11. The molecular formula is C18H17FN2O4. The van der Waals surface area contributed by atoms with Gasteiger partial charge in [0.25, 0.3) is 0 Å². The van der Waals surface area contributed by atoms with E-state index in [1.807, 2.05) is 18.2 Å². The van der Waals surface area contributed by atoms with Crippen molar-refractivity contribution in [3.8, 4) is 6.07 Å². The molecule has 2 rings (SSSR count). The van der Waals surface area contributed by atoms with Gasteiger partial charge >= 0.3 is 6.09 Å². The minimum Gasteiger partial charge on any atom is -0.445 e. The van der Waals surface area contributed by atoms with Crippen molar-refractivity contribution in [2.24, 2.45) is 0 Å². The van der Waals surface area contributed by atoms with Crippen molar-refractivity contribution in [3.05, 3.63) is 71.0 Å². The molecule has 0 bridgehead atoms. The molecular weight excluding hydrogens is 327 g/mol. The summed E-state index contributed by atoms with van der Waals surface area (Å²) in [5, 5.41) is 31.1. The summed E-state index contributed by atoms with van der Waals surface area (Å²) in [6, 6.07) is 14.2. The Morgan fingerprint density at radius 3 is 2.64 bits per heavy atom. The van der Waals surface area contributed by atoms with E-state index >= 15 is 0 Å². The van der Waals surface area contributed by atoms with Gasteiger partial charge in [0, 0.05) is 6.54 Å². The summed E-state index contributed by atoms with van der Waals surface area (Å²) >= 11 is 0. The Kier molecular flexibility index (Phi) is 6.46. The second-order valence-electron chi connectivity index (χ2n) is 5.31. The van der Waals surface area contributed by atoms with Crippen LogP contribution in [0.25, 0.3) is 0 Å². The van der Waals surface area contributed by atoms with Gasteiger partial charge in [-0.3, -0.25) is 0 Å². The minimum absolute atomic E-state index is 0.0782. The highest BCUT2D eigenvalue weighted by atomic mass is 19.1. The SMILES string of the molecule is N#Cc1cc(C(O)C(O)CNC(=O)OCc2ccccc2)ccc1F. The first-order valence-corrected chi connectivity index (χ1v) is 7.51. The van der Waals surface area contributed by atoms with E-state index in [0.717, 1.165) is 17.7 Å². The number of alkyl carbamates (subject to hydrolysis) is 1. The van der Waals surface area contributed by atoms with Crippen LogP contribution in [0, 0.1) is 17.1 Å². The van der Waals surface area contributed by atoms with Crippen molar-refractivity contribution in [2.75, 3.05) is 6.54 Å². The van der Waals surface area contributed by atoms with Crippen LogP contribution in [-0.2, 0) is 11.3 Å². The molecule has 0 aromatic heterocycles. The summed E-state index contributed by atoms with van der Waals surface area (Å²) < 4.78 is 18.3. The molecule has 0 saturated heterocycles. The lowest BCUT2D eigenvalue weighted by molar-refractivity contribution is 0.0183. The van der Waals surface area contributed by atoms with Crippen molar-refractivity contribution >= 4 is 6.09 Å². The van der Waals surface area contributed by atoms with Gasteiger partial charge in [0.05, 0.1) is 5.56 Å². The van der Waals surface area contributed by atoms with Crippen molar-refractivity contribution < 1.29 is 24.1 Å². The van der Waals surface area contributed by atoms with Crippen LogP contribution in [0.4, 0.5) is 9.18 Å². The monoisotopic (exact) mass is 344 g/mol. The number of hydrogen-bond acceptors (Lipinski definition) is 5. The van der Waals surface area contributed by atoms with Crippen molar-refractivity contribution in [2.45, 2.75) is 18.8 Å². The minimum atomic E-state index is -1.39. The van der Waals surface area contributed by atoms with Gasteiger partial charge in [0.2, 0.25) is 0 Å². The van der Waals surface area contributed by atoms with Crippen molar-refractivity contribution in [1.82, 2.24) is 5.32 Å². The number of rotatable bonds is 6. The van der Waals surface area contributed by atoms with E-state index < -0.39 is 24.1 Å². The molecule has 0 heterocycles. The summed E-state index contributed by atoms with van der Waals surface area (Å²) in [6.07, 6.45) is -3.48. The van der Waals surface area contributed by atoms with E-state index in [9.17, 15) is 19.4 Å². The predicted molar refractivity (Wildman–Crippen MR) is 86.7 cm³/mol. The molecule has 130 valence electrons. The van der Waals surface area contributed by atoms with Crippen LogP contribution in [0.2, 0.25) is 0 Å². The number of carbonyl (C=O) groups excluding carboxylic acids is 1. The molecule has 0 saturated carbocycles. The van der Waals surface area contributed by atoms with Gasteiger partial charge in [-0.05, 0) is 23.3 Å². The second-order valence-corrected chi connectivity index (χ2v) is 5.31. The van der Waals surface area contributed by atoms with Crippen LogP contribution < -0.4 is 5.32 Å². The lowest BCUT2D eigenvalue weighted by Gasteiger charge is -2.19. The lowest BCUT2D eigenvalue weighted by Crippen LogP contribution is -2.35. The number of ether oxygens (including phenoxy) is 1. The number of nitriles is 1. The molecule has 2 aromatic rings. The third-order valence-corrected chi connectivity index (χ3v) is 3.49. The highest BCUT2D eigenvalue weighted by Crippen LogP contribution is 2.19. The van der Waals surface area contributed by atoms with Crippen LogP contribution >= 0.6 is 0 Å². The molecule has 0 aliphatic carbocycles. The van der Waals surface area contributed by atoms with E-state index in [1.54, 1.807) is 18.2 Å². The van der Waals surface area contributed by atoms with Crippen LogP contribution in [0.5, 0.6) is 0 Å². The Morgan fingerprint density at radius 1 is 1.24 bits per heavy atom. The summed E-state index contributed by atoms with van der Waals surface area (Å²) in [5.74, 6) is -0.712. The van der Waals surface area contributed by atoms with Gasteiger partial charge < -0.3 is 20.3 Å². The summed E-state index contributed by atoms with van der Waals surface area (Å²) in [4.78, 5) is 11.6. The van der Waals surface area contributed by atoms with Crippen LogP contribution in [0.15, 0.2) is 48.5 Å². The first kappa shape index (κ1) is 18.4. The van der Waals surface area contributed by atoms with E-state index in [2.05, 4.69) is 5.32 Å². The zero-order valence-electron chi connectivity index (χ0n) is 13.2. The number of halogens is 1. The Bertz CT molecular complexity index is 761. The van der Waals surface area contributed by atoms with E-state index in [0.29, 0.717) is 0 Å². The number of nitrogens with one attached hydrogen (secondary N) is 1. The Hall–Kier alpha value is -2.95. The topological polar surface area (TPSA) is 103 Å². The molecule has 6 nitrogen and oxygen atoms in total. The molecule has 2 atom stereocenters. The number of nitrogens with zero attached hydrogens (tertiary/aromatic N) is 1. The Labute approximate surface area is 144 Å². The number of carbonyl (C=O) groups is 1. The van der Waals surface area contributed by atoms with Gasteiger partial charge in [-0.2, -0.15) is 5.26 Å². The fourth-order valence-electron chi connectivity index (χ4n) is 2.11. The maximum absolute atomic E-state index is 13.3. The second kappa shape index (κ2) is 8.78. The van der Waals surface area contributed by atoms with Crippen LogP contribution in [0.1, 0.15) is 22.8 Å². The van der Waals surface area contributed by atoms with Gasteiger partial charge in [0.15, 0.2) is 0 Å². The summed E-state index contributed by atoms with van der Waals surface area (Å²) in [5.41, 5.74) is 0.748. The van der Waals surface area contributed by atoms with E-state index in [1.165, 1.54) is 6.07 Å². The normalized spacial score (nSPS) is 12.7. The quantitative estimate of drug-likeness (QED) is 0.744. The van der Waals surface area contributed by atoms with E-state index in [-0.39, 0.29) is 24.3 Å². The number of amides is 1. The Balaban J connectivity index is 1.83. The number of aliphatic hydroxyl groups excluding tert-OH is 2. The van der Waals surface area contributed by atoms with Gasteiger partial charge in [-0.25, -0.2) is 9.18 Å². The Morgan fingerprint density at radius 2 is 1.96 bits per heavy atom. The highest BCUT2D eigenvalue weighted by molar-refractivity contribution is 5.67. The average Bonchev–Trinajstić information content (AvgIpc) is 2.65. The smallest absolute Gasteiger partial charge is 0.407 e. The molecule has 0 spiro atoms. The number of aliphatic hydroxyl groups is 2. The average molecular weight is 344 g/mol. The van der Waals surface area contributed by atoms with Crippen LogP contribution in [-0.4, -0.2) is 29.0 Å². The maximum atomic E-state index is 13.3. The largest absolute Gasteiger partial charge is 0.445 e. The molecule has 2 unspecified atom stereocenters. The zero-order chi connectivity index (χ0) is 18.2. The molecule has 0 aliphatic rings. The molecule has 1 amide bonds. The summed E-state index contributed by atoms with van der Waals surface area (Å²) in [6.45, 7) is -0.192.